The molecule has 18 heavy (non-hydrogen) atoms. The van der Waals surface area contributed by atoms with Gasteiger partial charge < -0.3 is 16.8 Å². The molecule has 0 aliphatic rings. The van der Waals surface area contributed by atoms with Gasteiger partial charge in [0.2, 0.25) is 11.8 Å². The first-order valence-corrected chi connectivity index (χ1v) is 6.36. The van der Waals surface area contributed by atoms with E-state index in [-0.39, 0.29) is 16.5 Å². The fourth-order valence-electron chi connectivity index (χ4n) is 1.16. The zero-order valence-corrected chi connectivity index (χ0v) is 12.1. The Morgan fingerprint density at radius 3 is 2.50 bits per heavy atom. The fourth-order valence-corrected chi connectivity index (χ4v) is 1.98. The Kier molecular flexibility index (Phi) is 5.40. The number of benzene rings is 1. The van der Waals surface area contributed by atoms with Crippen LogP contribution in [0.2, 0.25) is 10.0 Å². The molecule has 0 aromatic heterocycles. The van der Waals surface area contributed by atoms with Crippen LogP contribution in [0.25, 0.3) is 0 Å². The number of hydrogen-bond donors (Lipinski definition) is 3. The first kappa shape index (κ1) is 15.2. The third-order valence-electron chi connectivity index (χ3n) is 2.05. The van der Waals surface area contributed by atoms with Gasteiger partial charge in [-0.2, -0.15) is 0 Å². The van der Waals surface area contributed by atoms with E-state index in [1.54, 1.807) is 12.1 Å². The van der Waals surface area contributed by atoms with E-state index < -0.39 is 17.9 Å². The van der Waals surface area contributed by atoms with Gasteiger partial charge in [0, 0.05) is 4.47 Å². The summed E-state index contributed by atoms with van der Waals surface area (Å²) < 4.78 is 0.605. The SMILES string of the molecule is NC(=O)CC(N)C(=O)Nc1ccc(Br)c(Cl)c1Cl. The monoisotopic (exact) mass is 353 g/mol. The lowest BCUT2D eigenvalue weighted by Crippen LogP contribution is -2.39. The number of carbonyl (C=O) groups excluding carboxylic acids is 2. The Morgan fingerprint density at radius 1 is 1.33 bits per heavy atom. The van der Waals surface area contributed by atoms with Crippen LogP contribution in [0.15, 0.2) is 16.6 Å². The predicted molar refractivity (Wildman–Crippen MR) is 74.6 cm³/mol. The van der Waals surface area contributed by atoms with Gasteiger partial charge in [-0.3, -0.25) is 9.59 Å². The van der Waals surface area contributed by atoms with E-state index in [4.69, 9.17) is 34.7 Å². The smallest absolute Gasteiger partial charge is 0.241 e. The zero-order valence-electron chi connectivity index (χ0n) is 9.04. The molecular weight excluding hydrogens is 345 g/mol. The highest BCUT2D eigenvalue weighted by atomic mass is 79.9. The summed E-state index contributed by atoms with van der Waals surface area (Å²) in [5, 5.41) is 2.94. The second-order valence-electron chi connectivity index (χ2n) is 3.49. The Balaban J connectivity index is 2.82. The van der Waals surface area contributed by atoms with Crippen LogP contribution in [-0.4, -0.2) is 17.9 Å². The molecule has 0 saturated heterocycles. The van der Waals surface area contributed by atoms with Gasteiger partial charge in [-0.05, 0) is 28.1 Å². The molecule has 8 heteroatoms. The fraction of sp³-hybridized carbons (Fsp3) is 0.200. The predicted octanol–water partition coefficient (Wildman–Crippen LogP) is 1.90. The molecule has 0 aliphatic heterocycles. The van der Waals surface area contributed by atoms with E-state index in [1.807, 2.05) is 0 Å². The van der Waals surface area contributed by atoms with Gasteiger partial charge in [-0.15, -0.1) is 0 Å². The minimum atomic E-state index is -1.03. The van der Waals surface area contributed by atoms with Crippen molar-refractivity contribution in [1.29, 1.82) is 0 Å². The Hall–Kier alpha value is -0.820. The molecule has 5 N–H and O–H groups in total. The molecule has 0 bridgehead atoms. The number of rotatable bonds is 4. The molecule has 1 unspecified atom stereocenters. The Bertz CT molecular complexity index is 496. The summed E-state index contributed by atoms with van der Waals surface area (Å²) in [6.45, 7) is 0. The number of carbonyl (C=O) groups is 2. The molecule has 2 amide bonds. The van der Waals surface area contributed by atoms with Crippen molar-refractivity contribution in [1.82, 2.24) is 0 Å². The number of anilines is 1. The molecule has 0 spiro atoms. The molecule has 98 valence electrons. The van der Waals surface area contributed by atoms with E-state index in [0.29, 0.717) is 10.2 Å². The molecular formula is C10H10BrCl2N3O2. The Morgan fingerprint density at radius 2 is 1.94 bits per heavy atom. The molecule has 0 heterocycles. The number of hydrogen-bond acceptors (Lipinski definition) is 3. The average Bonchev–Trinajstić information content (AvgIpc) is 2.29. The average molecular weight is 355 g/mol. The molecule has 1 aromatic carbocycles. The molecule has 1 rings (SSSR count). The van der Waals surface area contributed by atoms with Gasteiger partial charge >= 0.3 is 0 Å². The van der Waals surface area contributed by atoms with Gasteiger partial charge in [0.05, 0.1) is 28.2 Å². The highest BCUT2D eigenvalue weighted by molar-refractivity contribution is 9.10. The largest absolute Gasteiger partial charge is 0.370 e. The maximum absolute atomic E-state index is 11.6. The van der Waals surface area contributed by atoms with E-state index in [1.165, 1.54) is 0 Å². The van der Waals surface area contributed by atoms with Gasteiger partial charge in [0.1, 0.15) is 0 Å². The second kappa shape index (κ2) is 6.38. The van der Waals surface area contributed by atoms with Gasteiger partial charge in [0.15, 0.2) is 0 Å². The summed E-state index contributed by atoms with van der Waals surface area (Å²) in [5.74, 6) is -1.22. The quantitative estimate of drug-likeness (QED) is 0.720. The minimum Gasteiger partial charge on any atom is -0.370 e. The lowest BCUT2D eigenvalue weighted by atomic mass is 10.2. The van der Waals surface area contributed by atoms with E-state index in [2.05, 4.69) is 21.2 Å². The molecule has 5 nitrogen and oxygen atoms in total. The number of amides is 2. The van der Waals surface area contributed by atoms with Crippen LogP contribution in [0.1, 0.15) is 6.42 Å². The van der Waals surface area contributed by atoms with Crippen molar-refractivity contribution in [2.45, 2.75) is 12.5 Å². The number of primary amides is 1. The van der Waals surface area contributed by atoms with Crippen molar-refractivity contribution in [3.8, 4) is 0 Å². The van der Waals surface area contributed by atoms with Gasteiger partial charge in [0.25, 0.3) is 0 Å². The van der Waals surface area contributed by atoms with E-state index >= 15 is 0 Å². The lowest BCUT2D eigenvalue weighted by Gasteiger charge is -2.12. The summed E-state index contributed by atoms with van der Waals surface area (Å²) in [4.78, 5) is 22.3. The molecule has 0 aliphatic carbocycles. The summed E-state index contributed by atoms with van der Waals surface area (Å²) in [7, 11) is 0. The Labute approximate surface area is 122 Å². The number of nitrogens with two attached hydrogens (primary N) is 2. The van der Waals surface area contributed by atoms with Crippen LogP contribution in [0.5, 0.6) is 0 Å². The van der Waals surface area contributed by atoms with Crippen LogP contribution in [0, 0.1) is 0 Å². The minimum absolute atomic E-state index is 0.186. The van der Waals surface area contributed by atoms with Gasteiger partial charge in [-0.1, -0.05) is 23.2 Å². The maximum Gasteiger partial charge on any atom is 0.241 e. The first-order chi connectivity index (χ1) is 8.32. The van der Waals surface area contributed by atoms with Crippen molar-refractivity contribution >= 4 is 56.6 Å². The first-order valence-electron chi connectivity index (χ1n) is 4.81. The summed E-state index contributed by atoms with van der Waals surface area (Å²) in [6, 6.07) is 2.16. The third-order valence-corrected chi connectivity index (χ3v) is 3.82. The van der Waals surface area contributed by atoms with Crippen LogP contribution in [-0.2, 0) is 9.59 Å². The van der Waals surface area contributed by atoms with Gasteiger partial charge in [-0.25, -0.2) is 0 Å². The van der Waals surface area contributed by atoms with Crippen molar-refractivity contribution in [2.75, 3.05) is 5.32 Å². The number of halogens is 3. The van der Waals surface area contributed by atoms with Crippen LogP contribution in [0.3, 0.4) is 0 Å². The summed E-state index contributed by atoms with van der Waals surface area (Å²) >= 11 is 15.0. The lowest BCUT2D eigenvalue weighted by molar-refractivity contribution is -0.123. The van der Waals surface area contributed by atoms with E-state index in [9.17, 15) is 9.59 Å². The van der Waals surface area contributed by atoms with Crippen LogP contribution >= 0.6 is 39.1 Å². The summed E-state index contributed by atoms with van der Waals surface area (Å²) in [5.41, 5.74) is 10.7. The molecule has 0 fully saturated rings. The molecule has 1 aromatic rings. The van der Waals surface area contributed by atoms with Crippen molar-refractivity contribution in [2.24, 2.45) is 11.5 Å². The second-order valence-corrected chi connectivity index (χ2v) is 5.10. The van der Waals surface area contributed by atoms with Crippen molar-refractivity contribution in [3.63, 3.8) is 0 Å². The third kappa shape index (κ3) is 3.84. The molecule has 0 saturated carbocycles. The van der Waals surface area contributed by atoms with Crippen molar-refractivity contribution < 1.29 is 9.59 Å². The molecule has 0 radical (unpaired) electrons. The highest BCUT2D eigenvalue weighted by Crippen LogP contribution is 2.35. The zero-order chi connectivity index (χ0) is 13.9. The summed E-state index contributed by atoms with van der Waals surface area (Å²) in [6.07, 6.45) is -0.242. The van der Waals surface area contributed by atoms with Crippen LogP contribution < -0.4 is 16.8 Å². The van der Waals surface area contributed by atoms with Crippen molar-refractivity contribution in [3.05, 3.63) is 26.7 Å². The normalized spacial score (nSPS) is 12.0. The molecule has 1 atom stereocenters. The topological polar surface area (TPSA) is 98.2 Å². The van der Waals surface area contributed by atoms with Crippen LogP contribution in [0.4, 0.5) is 5.69 Å². The maximum atomic E-state index is 11.6. The number of nitrogens with one attached hydrogen (secondary N) is 1. The van der Waals surface area contributed by atoms with E-state index in [0.717, 1.165) is 0 Å². The highest BCUT2D eigenvalue weighted by Gasteiger charge is 2.18. The standard InChI is InChI=1S/C10H10BrCl2N3O2/c11-4-1-2-6(9(13)8(4)12)16-10(18)5(14)3-7(15)17/h1-2,5H,3,14H2,(H2,15,17)(H,16,18).